The van der Waals surface area contributed by atoms with Gasteiger partial charge in [0.1, 0.15) is 11.8 Å². The SMILES string of the molecule is Cc1ccc(CN2C(=O)N(C)C(=O)NC2Nc2ccc(Oc3ccc(C#N)cn3)cc2)cc1. The Balaban J connectivity index is 1.47. The molecule has 0 radical (unpaired) electrons. The molecule has 9 nitrogen and oxygen atoms in total. The van der Waals surface area contributed by atoms with Crippen LogP contribution >= 0.6 is 0 Å². The van der Waals surface area contributed by atoms with E-state index in [1.165, 1.54) is 13.2 Å². The molecule has 9 heteroatoms. The molecule has 0 spiro atoms. The first kappa shape index (κ1) is 21.6. The van der Waals surface area contributed by atoms with Crippen molar-refractivity contribution in [3.05, 3.63) is 83.6 Å². The van der Waals surface area contributed by atoms with Crippen molar-refractivity contribution in [2.45, 2.75) is 19.8 Å². The lowest BCUT2D eigenvalue weighted by atomic mass is 10.1. The minimum Gasteiger partial charge on any atom is -0.439 e. The number of carbonyl (C=O) groups excluding carboxylic acids is 2. The van der Waals surface area contributed by atoms with E-state index < -0.39 is 18.4 Å². The van der Waals surface area contributed by atoms with E-state index in [0.717, 1.165) is 16.0 Å². The molecule has 1 saturated heterocycles. The summed E-state index contributed by atoms with van der Waals surface area (Å²) < 4.78 is 5.69. The number of nitrogens with one attached hydrogen (secondary N) is 2. The number of amides is 4. The number of urea groups is 2. The van der Waals surface area contributed by atoms with Crippen LogP contribution in [0.5, 0.6) is 11.6 Å². The van der Waals surface area contributed by atoms with E-state index >= 15 is 0 Å². The van der Waals surface area contributed by atoms with Gasteiger partial charge in [-0.2, -0.15) is 5.26 Å². The Morgan fingerprint density at radius 1 is 1.09 bits per heavy atom. The van der Waals surface area contributed by atoms with E-state index in [2.05, 4.69) is 15.6 Å². The summed E-state index contributed by atoms with van der Waals surface area (Å²) >= 11 is 0. The zero-order valence-electron chi connectivity index (χ0n) is 18.1. The Hall–Kier alpha value is -4.58. The zero-order chi connectivity index (χ0) is 23.4. The summed E-state index contributed by atoms with van der Waals surface area (Å²) in [6, 6.07) is 19.3. The van der Waals surface area contributed by atoms with Crippen molar-refractivity contribution in [2.75, 3.05) is 12.4 Å². The van der Waals surface area contributed by atoms with E-state index in [9.17, 15) is 9.59 Å². The highest BCUT2D eigenvalue weighted by atomic mass is 16.5. The zero-order valence-corrected chi connectivity index (χ0v) is 18.1. The maximum Gasteiger partial charge on any atom is 0.331 e. The van der Waals surface area contributed by atoms with Crippen LogP contribution in [0, 0.1) is 18.3 Å². The van der Waals surface area contributed by atoms with Gasteiger partial charge < -0.3 is 10.1 Å². The Kier molecular flexibility index (Phi) is 6.09. The maximum atomic E-state index is 12.8. The van der Waals surface area contributed by atoms with Crippen LogP contribution < -0.4 is 15.4 Å². The molecule has 166 valence electrons. The van der Waals surface area contributed by atoms with Crippen LogP contribution in [-0.4, -0.2) is 40.2 Å². The molecule has 3 aromatic rings. The number of benzene rings is 2. The normalized spacial score (nSPS) is 15.6. The van der Waals surface area contributed by atoms with E-state index in [1.54, 1.807) is 41.3 Å². The van der Waals surface area contributed by atoms with Gasteiger partial charge in [0, 0.05) is 25.0 Å². The lowest BCUT2D eigenvalue weighted by Gasteiger charge is -2.40. The predicted octanol–water partition coefficient (Wildman–Crippen LogP) is 4.03. The van der Waals surface area contributed by atoms with E-state index in [-0.39, 0.29) is 0 Å². The molecule has 2 N–H and O–H groups in total. The molecule has 1 fully saturated rings. The number of aryl methyl sites for hydroxylation is 1. The molecule has 33 heavy (non-hydrogen) atoms. The fraction of sp³-hybridized carbons (Fsp3) is 0.167. The topological polar surface area (TPSA) is 111 Å². The number of aromatic nitrogens is 1. The number of ether oxygens (including phenoxy) is 1. The standard InChI is InChI=1S/C24H22N6O3/c1-16-3-5-17(6-4-16)15-30-22(28-23(31)29(2)24(30)32)27-19-8-10-20(11-9-19)33-21-12-7-18(13-25)14-26-21/h3-12,14,22,27H,15H2,1-2H3,(H,28,31). The number of nitrogens with zero attached hydrogens (tertiary/aromatic N) is 4. The first-order valence-electron chi connectivity index (χ1n) is 10.2. The van der Waals surface area contributed by atoms with E-state index in [4.69, 9.17) is 10.00 Å². The highest BCUT2D eigenvalue weighted by Crippen LogP contribution is 2.23. The summed E-state index contributed by atoms with van der Waals surface area (Å²) in [7, 11) is 1.44. The smallest absolute Gasteiger partial charge is 0.331 e. The Morgan fingerprint density at radius 3 is 2.45 bits per heavy atom. The monoisotopic (exact) mass is 442 g/mol. The average molecular weight is 442 g/mol. The van der Waals surface area contributed by atoms with Gasteiger partial charge in [-0.25, -0.2) is 19.5 Å². The minimum atomic E-state index is -0.727. The highest BCUT2D eigenvalue weighted by Gasteiger charge is 2.36. The molecule has 1 aliphatic rings. The molecule has 1 unspecified atom stereocenters. The third-order valence-corrected chi connectivity index (χ3v) is 5.13. The summed E-state index contributed by atoms with van der Waals surface area (Å²) in [6.07, 6.45) is 0.711. The maximum absolute atomic E-state index is 12.8. The Bertz CT molecular complexity index is 1190. The van der Waals surface area contributed by atoms with Crippen molar-refractivity contribution >= 4 is 17.7 Å². The Morgan fingerprint density at radius 2 is 1.82 bits per heavy atom. The molecule has 2 aromatic carbocycles. The van der Waals surface area contributed by atoms with Gasteiger partial charge in [0.25, 0.3) is 0 Å². The summed E-state index contributed by atoms with van der Waals surface area (Å²) in [5.41, 5.74) is 3.21. The van der Waals surface area contributed by atoms with Crippen molar-refractivity contribution in [3.63, 3.8) is 0 Å². The van der Waals surface area contributed by atoms with E-state index in [0.29, 0.717) is 29.4 Å². The second kappa shape index (κ2) is 9.28. The second-order valence-corrected chi connectivity index (χ2v) is 7.57. The van der Waals surface area contributed by atoms with Gasteiger partial charge in [-0.05, 0) is 42.8 Å². The summed E-state index contributed by atoms with van der Waals surface area (Å²) in [5, 5.41) is 14.8. The molecular formula is C24H22N6O3. The molecule has 2 heterocycles. The van der Waals surface area contributed by atoms with Crippen molar-refractivity contribution in [1.29, 1.82) is 5.26 Å². The van der Waals surface area contributed by atoms with Gasteiger partial charge in [0.15, 0.2) is 6.29 Å². The van der Waals surface area contributed by atoms with Gasteiger partial charge in [0.05, 0.1) is 12.1 Å². The van der Waals surface area contributed by atoms with Gasteiger partial charge in [-0.3, -0.25) is 10.2 Å². The summed E-state index contributed by atoms with van der Waals surface area (Å²) in [4.78, 5) is 31.7. The van der Waals surface area contributed by atoms with Gasteiger partial charge in [0.2, 0.25) is 5.88 Å². The highest BCUT2D eigenvalue weighted by molar-refractivity contribution is 5.96. The lowest BCUT2D eigenvalue weighted by Crippen LogP contribution is -2.65. The molecule has 1 aliphatic heterocycles. The minimum absolute atomic E-state index is 0.326. The number of rotatable bonds is 6. The number of imide groups is 1. The fourth-order valence-corrected chi connectivity index (χ4v) is 3.25. The molecule has 0 bridgehead atoms. The number of hydrogen-bond donors (Lipinski definition) is 2. The largest absolute Gasteiger partial charge is 0.439 e. The molecule has 1 aromatic heterocycles. The van der Waals surface area contributed by atoms with E-state index in [1.807, 2.05) is 37.3 Å². The molecule has 0 saturated carbocycles. The van der Waals surface area contributed by atoms with Gasteiger partial charge in [-0.15, -0.1) is 0 Å². The van der Waals surface area contributed by atoms with Crippen molar-refractivity contribution < 1.29 is 14.3 Å². The molecular weight excluding hydrogens is 420 g/mol. The van der Waals surface area contributed by atoms with Crippen LogP contribution in [0.2, 0.25) is 0 Å². The van der Waals surface area contributed by atoms with Gasteiger partial charge >= 0.3 is 12.1 Å². The Labute approximate surface area is 191 Å². The average Bonchev–Trinajstić information content (AvgIpc) is 2.83. The predicted molar refractivity (Wildman–Crippen MR) is 121 cm³/mol. The summed E-state index contributed by atoms with van der Waals surface area (Å²) in [5.74, 6) is 0.921. The first-order chi connectivity index (χ1) is 15.9. The van der Waals surface area contributed by atoms with Crippen molar-refractivity contribution in [3.8, 4) is 17.7 Å². The number of anilines is 1. The van der Waals surface area contributed by atoms with Crippen molar-refractivity contribution in [1.82, 2.24) is 20.1 Å². The van der Waals surface area contributed by atoms with Crippen LogP contribution in [-0.2, 0) is 6.54 Å². The number of hydrogen-bond acceptors (Lipinski definition) is 6. The molecule has 4 amide bonds. The van der Waals surface area contributed by atoms with Crippen LogP contribution in [0.3, 0.4) is 0 Å². The summed E-state index contributed by atoms with van der Waals surface area (Å²) in [6.45, 7) is 2.33. The van der Waals surface area contributed by atoms with Crippen LogP contribution in [0.15, 0.2) is 66.9 Å². The van der Waals surface area contributed by atoms with Crippen molar-refractivity contribution in [2.24, 2.45) is 0 Å². The third-order valence-electron chi connectivity index (χ3n) is 5.13. The lowest BCUT2D eigenvalue weighted by molar-refractivity contribution is 0.114. The quantitative estimate of drug-likeness (QED) is 0.596. The first-order valence-corrected chi connectivity index (χ1v) is 10.2. The number of pyridine rings is 1. The van der Waals surface area contributed by atoms with Gasteiger partial charge in [-0.1, -0.05) is 29.8 Å². The number of carbonyl (C=O) groups is 2. The molecule has 4 rings (SSSR count). The van der Waals surface area contributed by atoms with Crippen LogP contribution in [0.25, 0.3) is 0 Å². The second-order valence-electron chi connectivity index (χ2n) is 7.57. The molecule has 0 aliphatic carbocycles. The number of nitriles is 1. The third kappa shape index (κ3) is 5.02. The fourth-order valence-electron chi connectivity index (χ4n) is 3.25. The van der Waals surface area contributed by atoms with Crippen LogP contribution in [0.4, 0.5) is 15.3 Å². The van der Waals surface area contributed by atoms with Crippen LogP contribution in [0.1, 0.15) is 16.7 Å². The molecule has 1 atom stereocenters.